The number of benzene rings is 1. The van der Waals surface area contributed by atoms with Gasteiger partial charge in [0.05, 0.1) is 11.3 Å². The van der Waals surface area contributed by atoms with E-state index in [-0.39, 0.29) is 0 Å². The highest BCUT2D eigenvalue weighted by Gasteiger charge is 2.28. The molecule has 0 N–H and O–H groups in total. The lowest BCUT2D eigenvalue weighted by molar-refractivity contribution is 0.904. The molecule has 0 spiro atoms. The first-order chi connectivity index (χ1) is 10.1. The SMILES string of the molecule is Cc1c(Cl)nc(C2CC2)nc1N(C)c1ccccc1C#N. The Labute approximate surface area is 129 Å². The van der Waals surface area contributed by atoms with Crippen LogP contribution >= 0.6 is 11.6 Å². The van der Waals surface area contributed by atoms with Gasteiger partial charge in [0.25, 0.3) is 0 Å². The Morgan fingerprint density at radius 3 is 2.67 bits per heavy atom. The fourth-order valence-corrected chi connectivity index (χ4v) is 2.49. The minimum Gasteiger partial charge on any atom is -0.328 e. The number of hydrogen-bond donors (Lipinski definition) is 0. The quantitative estimate of drug-likeness (QED) is 0.805. The molecule has 5 heteroatoms. The molecule has 106 valence electrons. The number of hydrogen-bond acceptors (Lipinski definition) is 4. The average molecular weight is 299 g/mol. The van der Waals surface area contributed by atoms with Gasteiger partial charge in [-0.1, -0.05) is 23.7 Å². The van der Waals surface area contributed by atoms with Crippen LogP contribution in [0.15, 0.2) is 24.3 Å². The highest BCUT2D eigenvalue weighted by Crippen LogP contribution is 2.40. The third kappa shape index (κ3) is 2.57. The molecular weight excluding hydrogens is 284 g/mol. The van der Waals surface area contributed by atoms with Crippen molar-refractivity contribution in [2.45, 2.75) is 25.7 Å². The standard InChI is InChI=1S/C16H15ClN4/c1-10-14(17)19-15(11-7-8-11)20-16(10)21(2)13-6-4-3-5-12(13)9-18/h3-6,11H,7-8H2,1-2H3. The van der Waals surface area contributed by atoms with Crippen molar-refractivity contribution in [3.05, 3.63) is 46.4 Å². The van der Waals surface area contributed by atoms with Gasteiger partial charge in [-0.3, -0.25) is 0 Å². The van der Waals surface area contributed by atoms with Crippen molar-refractivity contribution < 1.29 is 0 Å². The van der Waals surface area contributed by atoms with Gasteiger partial charge in [0.15, 0.2) is 0 Å². The maximum atomic E-state index is 9.26. The summed E-state index contributed by atoms with van der Waals surface area (Å²) < 4.78 is 0. The van der Waals surface area contributed by atoms with Crippen molar-refractivity contribution in [1.82, 2.24) is 9.97 Å². The summed E-state index contributed by atoms with van der Waals surface area (Å²) in [4.78, 5) is 11.0. The zero-order valence-electron chi connectivity index (χ0n) is 12.0. The second kappa shape index (κ2) is 5.34. The van der Waals surface area contributed by atoms with Crippen LogP contribution in [0.25, 0.3) is 0 Å². The highest BCUT2D eigenvalue weighted by atomic mass is 35.5. The predicted molar refractivity (Wildman–Crippen MR) is 83.0 cm³/mol. The summed E-state index contributed by atoms with van der Waals surface area (Å²) in [5.74, 6) is 2.00. The molecule has 0 radical (unpaired) electrons. The summed E-state index contributed by atoms with van der Waals surface area (Å²) in [6.07, 6.45) is 2.24. The van der Waals surface area contributed by atoms with E-state index in [9.17, 15) is 5.26 Å². The molecule has 1 aliphatic carbocycles. The third-order valence-corrected chi connectivity index (χ3v) is 4.09. The van der Waals surface area contributed by atoms with E-state index < -0.39 is 0 Å². The third-order valence-electron chi connectivity index (χ3n) is 3.72. The maximum absolute atomic E-state index is 9.26. The molecule has 4 nitrogen and oxygen atoms in total. The summed E-state index contributed by atoms with van der Waals surface area (Å²) in [5, 5.41) is 9.74. The van der Waals surface area contributed by atoms with Crippen LogP contribution in [0.1, 0.15) is 35.7 Å². The highest BCUT2D eigenvalue weighted by molar-refractivity contribution is 6.30. The Balaban J connectivity index is 2.09. The summed E-state index contributed by atoms with van der Waals surface area (Å²) in [5.41, 5.74) is 2.26. The molecule has 3 rings (SSSR count). The fraction of sp³-hybridized carbons (Fsp3) is 0.312. The van der Waals surface area contributed by atoms with Crippen LogP contribution in [-0.4, -0.2) is 17.0 Å². The first-order valence-corrected chi connectivity index (χ1v) is 7.26. The molecule has 1 aromatic heterocycles. The molecule has 1 aliphatic rings. The van der Waals surface area contributed by atoms with Gasteiger partial charge < -0.3 is 4.90 Å². The molecule has 0 unspecified atom stereocenters. The van der Waals surface area contributed by atoms with E-state index in [4.69, 9.17) is 11.6 Å². The van der Waals surface area contributed by atoms with Gasteiger partial charge in [0.2, 0.25) is 0 Å². The van der Waals surface area contributed by atoms with Crippen molar-refractivity contribution in [2.75, 3.05) is 11.9 Å². The van der Waals surface area contributed by atoms with Gasteiger partial charge in [-0.15, -0.1) is 0 Å². The van der Waals surface area contributed by atoms with E-state index in [2.05, 4.69) is 16.0 Å². The first kappa shape index (κ1) is 13.8. The molecule has 1 heterocycles. The van der Waals surface area contributed by atoms with Gasteiger partial charge in [-0.2, -0.15) is 5.26 Å². The Morgan fingerprint density at radius 1 is 1.29 bits per heavy atom. The van der Waals surface area contributed by atoms with Gasteiger partial charge >= 0.3 is 0 Å². The Kier molecular flexibility index (Phi) is 3.52. The minimum absolute atomic E-state index is 0.432. The molecule has 21 heavy (non-hydrogen) atoms. The summed E-state index contributed by atoms with van der Waals surface area (Å²) in [6, 6.07) is 9.68. The number of nitriles is 1. The molecule has 1 fully saturated rings. The summed E-state index contributed by atoms with van der Waals surface area (Å²) >= 11 is 6.25. The average Bonchev–Trinajstić information content (AvgIpc) is 3.34. The normalized spacial score (nSPS) is 13.8. The summed E-state index contributed by atoms with van der Waals surface area (Å²) in [6.45, 7) is 1.90. The van der Waals surface area contributed by atoms with E-state index >= 15 is 0 Å². The van der Waals surface area contributed by atoms with Crippen molar-refractivity contribution in [1.29, 1.82) is 5.26 Å². The lowest BCUT2D eigenvalue weighted by Gasteiger charge is -2.22. The minimum atomic E-state index is 0.432. The Bertz CT molecular complexity index is 732. The smallest absolute Gasteiger partial charge is 0.140 e. The molecule has 1 aromatic carbocycles. The number of aromatic nitrogens is 2. The molecule has 0 bridgehead atoms. The predicted octanol–water partition coefficient (Wildman–Crippen LogP) is 3.96. The van der Waals surface area contributed by atoms with E-state index in [1.165, 1.54) is 0 Å². The van der Waals surface area contributed by atoms with E-state index in [0.717, 1.165) is 35.7 Å². The Hall–Kier alpha value is -2.12. The molecule has 0 saturated heterocycles. The van der Waals surface area contributed by atoms with Crippen molar-refractivity contribution in [3.63, 3.8) is 0 Å². The maximum Gasteiger partial charge on any atom is 0.140 e. The van der Waals surface area contributed by atoms with Crippen LogP contribution in [0.3, 0.4) is 0 Å². The van der Waals surface area contributed by atoms with Crippen LogP contribution in [0, 0.1) is 18.3 Å². The fourth-order valence-electron chi connectivity index (χ4n) is 2.32. The molecular formula is C16H15ClN4. The second-order valence-corrected chi connectivity index (χ2v) is 5.64. The molecule has 0 atom stereocenters. The van der Waals surface area contributed by atoms with Crippen LogP contribution in [-0.2, 0) is 0 Å². The van der Waals surface area contributed by atoms with Crippen molar-refractivity contribution in [2.24, 2.45) is 0 Å². The first-order valence-electron chi connectivity index (χ1n) is 6.88. The van der Waals surface area contributed by atoms with Crippen molar-refractivity contribution in [3.8, 4) is 6.07 Å². The van der Waals surface area contributed by atoms with Gasteiger partial charge in [0, 0.05) is 18.5 Å². The van der Waals surface area contributed by atoms with Crippen molar-refractivity contribution >= 4 is 23.1 Å². The van der Waals surface area contributed by atoms with Gasteiger partial charge in [-0.05, 0) is 31.9 Å². The van der Waals surface area contributed by atoms with Crippen LogP contribution in [0.5, 0.6) is 0 Å². The monoisotopic (exact) mass is 298 g/mol. The lowest BCUT2D eigenvalue weighted by atomic mass is 10.1. The zero-order chi connectivity index (χ0) is 15.0. The van der Waals surface area contributed by atoms with Crippen LogP contribution in [0.2, 0.25) is 5.15 Å². The summed E-state index contributed by atoms with van der Waals surface area (Å²) in [7, 11) is 1.90. The molecule has 2 aromatic rings. The van der Waals surface area contributed by atoms with E-state index in [1.54, 1.807) is 6.07 Å². The van der Waals surface area contributed by atoms with Gasteiger partial charge in [0.1, 0.15) is 22.9 Å². The number of halogens is 1. The molecule has 0 amide bonds. The number of rotatable bonds is 3. The topological polar surface area (TPSA) is 52.8 Å². The van der Waals surface area contributed by atoms with Gasteiger partial charge in [-0.25, -0.2) is 9.97 Å². The van der Waals surface area contributed by atoms with Crippen LogP contribution in [0.4, 0.5) is 11.5 Å². The lowest BCUT2D eigenvalue weighted by Crippen LogP contribution is -2.16. The van der Waals surface area contributed by atoms with Crippen LogP contribution < -0.4 is 4.90 Å². The molecule has 1 saturated carbocycles. The Morgan fingerprint density at radius 2 is 2.00 bits per heavy atom. The van der Waals surface area contributed by atoms with E-state index in [1.807, 2.05) is 37.1 Å². The largest absolute Gasteiger partial charge is 0.328 e. The second-order valence-electron chi connectivity index (χ2n) is 5.28. The number of anilines is 2. The number of para-hydroxylation sites is 1. The zero-order valence-corrected chi connectivity index (χ0v) is 12.7. The van der Waals surface area contributed by atoms with E-state index in [0.29, 0.717) is 16.6 Å². The number of nitrogens with zero attached hydrogens (tertiary/aromatic N) is 4. The molecule has 0 aliphatic heterocycles.